The minimum Gasteiger partial charge on any atom is -0.444 e. The van der Waals surface area contributed by atoms with E-state index in [2.05, 4.69) is 4.98 Å². The van der Waals surface area contributed by atoms with Crippen molar-refractivity contribution in [1.82, 2.24) is 9.88 Å². The fraction of sp³-hybridized carbons (Fsp3) is 0.714. The van der Waals surface area contributed by atoms with E-state index in [1.54, 1.807) is 11.1 Å². The average Bonchev–Trinajstić information content (AvgIpc) is 2.97. The van der Waals surface area contributed by atoms with Gasteiger partial charge in [-0.15, -0.1) is 11.3 Å². The standard InChI is InChI=1S/C14H21ClN2O3S/c1-14(2,3)20-13(18)17-5-4-10(7-17)8-19-9-11-6-16-12(15)21-11/h6,10H,4-5,7-9H2,1-3H3/t10-/m0/s1. The summed E-state index contributed by atoms with van der Waals surface area (Å²) in [5.41, 5.74) is -0.447. The van der Waals surface area contributed by atoms with Crippen LogP contribution in [0.2, 0.25) is 4.47 Å². The number of rotatable bonds is 4. The molecule has 7 heteroatoms. The number of hydrogen-bond donors (Lipinski definition) is 0. The van der Waals surface area contributed by atoms with Crippen molar-refractivity contribution in [3.63, 3.8) is 0 Å². The molecule has 2 heterocycles. The summed E-state index contributed by atoms with van der Waals surface area (Å²) in [7, 11) is 0. The molecule has 1 aliphatic rings. The number of hydrogen-bond acceptors (Lipinski definition) is 5. The van der Waals surface area contributed by atoms with Gasteiger partial charge in [-0.25, -0.2) is 9.78 Å². The average molecular weight is 333 g/mol. The molecule has 118 valence electrons. The summed E-state index contributed by atoms with van der Waals surface area (Å²) in [4.78, 5) is 18.7. The number of likely N-dealkylation sites (tertiary alicyclic amines) is 1. The first-order valence-corrected chi connectivity index (χ1v) is 8.19. The lowest BCUT2D eigenvalue weighted by atomic mass is 10.1. The van der Waals surface area contributed by atoms with Gasteiger partial charge in [0.05, 0.1) is 18.1 Å². The second-order valence-electron chi connectivity index (χ2n) is 6.18. The third-order valence-corrected chi connectivity index (χ3v) is 4.15. The molecule has 0 radical (unpaired) electrons. The lowest BCUT2D eigenvalue weighted by molar-refractivity contribution is 0.0272. The van der Waals surface area contributed by atoms with Gasteiger partial charge in [-0.05, 0) is 27.2 Å². The molecule has 21 heavy (non-hydrogen) atoms. The van der Waals surface area contributed by atoms with E-state index in [4.69, 9.17) is 21.1 Å². The van der Waals surface area contributed by atoms with Crippen LogP contribution in [0.1, 0.15) is 32.1 Å². The van der Waals surface area contributed by atoms with Crippen LogP contribution in [0.5, 0.6) is 0 Å². The summed E-state index contributed by atoms with van der Waals surface area (Å²) >= 11 is 7.19. The van der Waals surface area contributed by atoms with E-state index in [0.717, 1.165) is 17.8 Å². The van der Waals surface area contributed by atoms with E-state index < -0.39 is 5.60 Å². The number of thiazole rings is 1. The number of halogens is 1. The van der Waals surface area contributed by atoms with Crippen LogP contribution in [0.15, 0.2) is 6.20 Å². The highest BCUT2D eigenvalue weighted by Gasteiger charge is 2.29. The zero-order chi connectivity index (χ0) is 15.5. The maximum absolute atomic E-state index is 11.9. The SMILES string of the molecule is CC(C)(C)OC(=O)N1CC[C@H](COCc2cnc(Cl)s2)C1. The maximum Gasteiger partial charge on any atom is 0.410 e. The summed E-state index contributed by atoms with van der Waals surface area (Å²) in [6.07, 6.45) is 2.44. The fourth-order valence-corrected chi connectivity index (χ4v) is 3.05. The molecule has 1 aromatic rings. The summed E-state index contributed by atoms with van der Waals surface area (Å²) in [5, 5.41) is 0. The smallest absolute Gasteiger partial charge is 0.410 e. The molecule has 1 aromatic heterocycles. The highest BCUT2D eigenvalue weighted by Crippen LogP contribution is 2.22. The molecule has 0 saturated carbocycles. The Morgan fingerprint density at radius 3 is 2.95 bits per heavy atom. The maximum atomic E-state index is 11.9. The van der Waals surface area contributed by atoms with E-state index in [1.165, 1.54) is 11.3 Å². The van der Waals surface area contributed by atoms with Crippen molar-refractivity contribution in [1.29, 1.82) is 0 Å². The molecule has 1 amide bonds. The van der Waals surface area contributed by atoms with Crippen molar-refractivity contribution >= 4 is 29.0 Å². The van der Waals surface area contributed by atoms with E-state index in [0.29, 0.717) is 30.1 Å². The Balaban J connectivity index is 1.69. The summed E-state index contributed by atoms with van der Waals surface area (Å²) in [6, 6.07) is 0. The van der Waals surface area contributed by atoms with Gasteiger partial charge in [0.1, 0.15) is 5.60 Å². The minimum atomic E-state index is -0.447. The van der Waals surface area contributed by atoms with Crippen LogP contribution in [0.3, 0.4) is 0 Å². The topological polar surface area (TPSA) is 51.7 Å². The number of nitrogens with zero attached hydrogens (tertiary/aromatic N) is 2. The number of carbonyl (C=O) groups is 1. The predicted molar refractivity (Wildman–Crippen MR) is 82.7 cm³/mol. The molecule has 2 rings (SSSR count). The Morgan fingerprint density at radius 2 is 2.33 bits per heavy atom. The minimum absolute atomic E-state index is 0.237. The third kappa shape index (κ3) is 5.45. The molecule has 1 atom stereocenters. The molecule has 0 aromatic carbocycles. The highest BCUT2D eigenvalue weighted by atomic mass is 35.5. The van der Waals surface area contributed by atoms with Crippen molar-refractivity contribution in [3.8, 4) is 0 Å². The van der Waals surface area contributed by atoms with Crippen LogP contribution in [0.4, 0.5) is 4.79 Å². The number of carbonyl (C=O) groups excluding carboxylic acids is 1. The molecule has 1 fully saturated rings. The second-order valence-corrected chi connectivity index (χ2v) is 7.87. The van der Waals surface area contributed by atoms with E-state index >= 15 is 0 Å². The van der Waals surface area contributed by atoms with Crippen LogP contribution in [-0.4, -0.2) is 41.3 Å². The van der Waals surface area contributed by atoms with Crippen LogP contribution in [0.25, 0.3) is 0 Å². The molecular weight excluding hydrogens is 312 g/mol. The zero-order valence-corrected chi connectivity index (χ0v) is 14.2. The van der Waals surface area contributed by atoms with Crippen molar-refractivity contribution in [2.75, 3.05) is 19.7 Å². The first kappa shape index (κ1) is 16.5. The number of aromatic nitrogens is 1. The van der Waals surface area contributed by atoms with Gasteiger partial charge in [0.15, 0.2) is 4.47 Å². The molecule has 0 spiro atoms. The Morgan fingerprint density at radius 1 is 1.57 bits per heavy atom. The van der Waals surface area contributed by atoms with Crippen LogP contribution in [-0.2, 0) is 16.1 Å². The molecule has 1 saturated heterocycles. The van der Waals surface area contributed by atoms with Crippen LogP contribution >= 0.6 is 22.9 Å². The molecule has 1 aliphatic heterocycles. The molecule has 0 bridgehead atoms. The Labute approximate surface area is 134 Å². The molecule has 5 nitrogen and oxygen atoms in total. The first-order valence-electron chi connectivity index (χ1n) is 6.99. The van der Waals surface area contributed by atoms with Gasteiger partial charge in [0.2, 0.25) is 0 Å². The lowest BCUT2D eigenvalue weighted by Gasteiger charge is -2.24. The predicted octanol–water partition coefficient (Wildman–Crippen LogP) is 3.57. The largest absolute Gasteiger partial charge is 0.444 e. The Hall–Kier alpha value is -0.850. The number of amides is 1. The van der Waals surface area contributed by atoms with Gasteiger partial charge < -0.3 is 14.4 Å². The fourth-order valence-electron chi connectivity index (χ4n) is 2.14. The van der Waals surface area contributed by atoms with Crippen LogP contribution in [0, 0.1) is 5.92 Å². The van der Waals surface area contributed by atoms with E-state index in [-0.39, 0.29) is 6.09 Å². The monoisotopic (exact) mass is 332 g/mol. The van der Waals surface area contributed by atoms with E-state index in [9.17, 15) is 4.79 Å². The lowest BCUT2D eigenvalue weighted by Crippen LogP contribution is -2.35. The summed E-state index contributed by atoms with van der Waals surface area (Å²) in [5.74, 6) is 0.362. The van der Waals surface area contributed by atoms with Crippen molar-refractivity contribution < 1.29 is 14.3 Å². The Bertz CT molecular complexity index is 487. The second kappa shape index (κ2) is 6.94. The first-order chi connectivity index (χ1) is 9.83. The van der Waals surface area contributed by atoms with Crippen molar-refractivity contribution in [2.24, 2.45) is 5.92 Å². The zero-order valence-electron chi connectivity index (χ0n) is 12.6. The quantitative estimate of drug-likeness (QED) is 0.845. The molecule has 0 unspecified atom stereocenters. The Kier molecular flexibility index (Phi) is 5.46. The van der Waals surface area contributed by atoms with Gasteiger partial charge >= 0.3 is 6.09 Å². The van der Waals surface area contributed by atoms with Gasteiger partial charge in [0, 0.05) is 25.2 Å². The summed E-state index contributed by atoms with van der Waals surface area (Å²) in [6.45, 7) is 8.21. The van der Waals surface area contributed by atoms with Gasteiger partial charge in [-0.2, -0.15) is 0 Å². The third-order valence-electron chi connectivity index (χ3n) is 3.06. The molecule has 0 aliphatic carbocycles. The van der Waals surface area contributed by atoms with Gasteiger partial charge in [-0.3, -0.25) is 0 Å². The number of ether oxygens (including phenoxy) is 2. The van der Waals surface area contributed by atoms with Gasteiger partial charge in [0.25, 0.3) is 0 Å². The highest BCUT2D eigenvalue weighted by molar-refractivity contribution is 7.15. The molecular formula is C14H21ClN2O3S. The van der Waals surface area contributed by atoms with Crippen molar-refractivity contribution in [3.05, 3.63) is 15.5 Å². The van der Waals surface area contributed by atoms with Crippen molar-refractivity contribution in [2.45, 2.75) is 39.4 Å². The summed E-state index contributed by atoms with van der Waals surface area (Å²) < 4.78 is 11.6. The van der Waals surface area contributed by atoms with Crippen LogP contribution < -0.4 is 0 Å². The van der Waals surface area contributed by atoms with E-state index in [1.807, 2.05) is 20.8 Å². The normalized spacial score (nSPS) is 19.0. The molecule has 0 N–H and O–H groups in total. The van der Waals surface area contributed by atoms with Gasteiger partial charge in [-0.1, -0.05) is 11.6 Å².